The molecule has 0 N–H and O–H groups in total. The molecule has 0 amide bonds. The Hall–Kier alpha value is -10.8. The molecule has 0 saturated heterocycles. The summed E-state index contributed by atoms with van der Waals surface area (Å²) >= 11 is 4.31. The predicted molar refractivity (Wildman–Crippen MR) is 356 cm³/mol. The molecule has 0 saturated carbocycles. The Morgan fingerprint density at radius 3 is 0.859 bits per heavy atom. The number of ether oxygens (including phenoxy) is 4. The second-order valence-corrected chi connectivity index (χ2v) is 26.5. The Labute approximate surface area is 535 Å². The Kier molecular flexibility index (Phi) is 13.5. The molecular formula is C74H42N2O12S4. The van der Waals surface area contributed by atoms with Gasteiger partial charge < -0.3 is 18.9 Å². The van der Waals surface area contributed by atoms with E-state index in [0.717, 1.165) is 66.9 Å². The van der Waals surface area contributed by atoms with Crippen molar-refractivity contribution in [3.05, 3.63) is 302 Å². The molecule has 10 aromatic carbocycles. The van der Waals surface area contributed by atoms with Gasteiger partial charge in [0.05, 0.1) is 28.9 Å². The molecule has 16 rings (SSSR count). The molecule has 0 spiro atoms. The molecule has 0 unspecified atom stereocenters. The summed E-state index contributed by atoms with van der Waals surface area (Å²) in [5, 5.41) is 3.31. The first-order chi connectivity index (χ1) is 44.9. The van der Waals surface area contributed by atoms with Crippen LogP contribution in [0.15, 0.2) is 235 Å². The van der Waals surface area contributed by atoms with Crippen LogP contribution in [0.25, 0.3) is 72.0 Å². The normalized spacial score (nSPS) is 13.3. The van der Waals surface area contributed by atoms with Gasteiger partial charge in [0.1, 0.15) is 36.4 Å². The summed E-state index contributed by atoms with van der Waals surface area (Å²) in [5.74, 6) is -4.10. The number of carbonyl (C=O) groups is 4. The molecule has 14 aromatic rings. The average molecular weight is 1280 g/mol. The lowest BCUT2D eigenvalue weighted by Gasteiger charge is -2.27. The van der Waals surface area contributed by atoms with Crippen LogP contribution < -0.4 is 32.4 Å². The van der Waals surface area contributed by atoms with Gasteiger partial charge in [0.15, 0.2) is 10.7 Å². The molecule has 0 aliphatic heterocycles. The SMILES string of the molecule is O=C(OCc1ccccc1)C1(C(=O)OCc2ccccc2)c2cc(N=c3c(=O)c4cc5ccccc5cc4c3=O)sc2-c2sc3c4c(sc3c21)-c1sc(N=c2c(=O)c3cc5ccccc5cc3c2=O)cc1C4(C(=O)OCc1ccccc1)C(=O)OCc1ccccc1. The Balaban J connectivity index is 0.952. The largest absolute Gasteiger partial charge is 0.459 e. The minimum absolute atomic E-state index is 0.112. The first-order valence-corrected chi connectivity index (χ1v) is 32.3. The lowest BCUT2D eigenvalue weighted by molar-refractivity contribution is -0.166. The van der Waals surface area contributed by atoms with E-state index in [-0.39, 0.29) is 90.9 Å². The van der Waals surface area contributed by atoms with Crippen molar-refractivity contribution in [2.45, 2.75) is 37.3 Å². The Morgan fingerprint density at radius 1 is 0.326 bits per heavy atom. The molecule has 444 valence electrons. The molecule has 2 aliphatic carbocycles. The number of fused-ring (bicyclic) bond motifs is 13. The fourth-order valence-corrected chi connectivity index (χ4v) is 18.3. The van der Waals surface area contributed by atoms with Crippen molar-refractivity contribution in [3.8, 4) is 19.5 Å². The highest BCUT2D eigenvalue weighted by atomic mass is 32.1. The topological polar surface area (TPSA) is 198 Å². The van der Waals surface area contributed by atoms with E-state index in [1.807, 2.05) is 72.8 Å². The summed E-state index contributed by atoms with van der Waals surface area (Å²) in [6.45, 7) is -1.11. The number of hydrogen-bond acceptors (Lipinski definition) is 18. The van der Waals surface area contributed by atoms with Crippen LogP contribution >= 0.6 is 45.3 Å². The summed E-state index contributed by atoms with van der Waals surface area (Å²) in [4.78, 5) is 132. The maximum Gasteiger partial charge on any atom is 0.333 e. The third kappa shape index (κ3) is 8.77. The van der Waals surface area contributed by atoms with Gasteiger partial charge in [-0.05, 0) is 80.2 Å². The van der Waals surface area contributed by atoms with Crippen molar-refractivity contribution in [3.63, 3.8) is 0 Å². The van der Waals surface area contributed by atoms with Crippen LogP contribution in [0.2, 0.25) is 0 Å². The highest BCUT2D eigenvalue weighted by molar-refractivity contribution is 7.35. The molecule has 0 atom stereocenters. The van der Waals surface area contributed by atoms with Crippen molar-refractivity contribution in [1.29, 1.82) is 0 Å². The maximum atomic E-state index is 16.0. The summed E-state index contributed by atoms with van der Waals surface area (Å²) in [6.07, 6.45) is 0. The number of thiophene rings is 4. The van der Waals surface area contributed by atoms with E-state index >= 15 is 19.2 Å². The molecule has 4 heterocycles. The van der Waals surface area contributed by atoms with Crippen LogP contribution in [0.1, 0.15) is 44.5 Å². The summed E-state index contributed by atoms with van der Waals surface area (Å²) < 4.78 is 25.9. The zero-order valence-electron chi connectivity index (χ0n) is 47.9. The zero-order chi connectivity index (χ0) is 62.6. The first-order valence-electron chi connectivity index (χ1n) is 29.1. The van der Waals surface area contributed by atoms with Crippen molar-refractivity contribution < 1.29 is 38.1 Å². The number of carbonyl (C=O) groups excluding carboxylic acids is 4. The molecule has 92 heavy (non-hydrogen) atoms. The van der Waals surface area contributed by atoms with Gasteiger partial charge in [-0.1, -0.05) is 170 Å². The third-order valence-corrected chi connectivity index (χ3v) is 22.0. The second kappa shape index (κ2) is 22.0. The molecule has 0 radical (unpaired) electrons. The number of rotatable bonds is 14. The van der Waals surface area contributed by atoms with Crippen molar-refractivity contribution in [2.24, 2.45) is 9.98 Å². The van der Waals surface area contributed by atoms with Crippen LogP contribution in [0.3, 0.4) is 0 Å². The fourth-order valence-electron chi connectivity index (χ4n) is 12.7. The molecule has 4 aromatic heterocycles. The van der Waals surface area contributed by atoms with Crippen LogP contribution in [0.5, 0.6) is 0 Å². The second-order valence-electron chi connectivity index (χ2n) is 22.4. The number of hydrogen-bond donors (Lipinski definition) is 0. The van der Waals surface area contributed by atoms with E-state index < -0.39 is 56.4 Å². The summed E-state index contributed by atoms with van der Waals surface area (Å²) in [5.41, 5.74) is -4.35. The molecule has 0 bridgehead atoms. The maximum absolute atomic E-state index is 16.0. The van der Waals surface area contributed by atoms with E-state index in [1.165, 1.54) is 12.1 Å². The van der Waals surface area contributed by atoms with Crippen LogP contribution in [0.4, 0.5) is 10.0 Å². The Bertz CT molecular complexity index is 5190. The van der Waals surface area contributed by atoms with Gasteiger partial charge in [0, 0.05) is 43.8 Å². The quantitative estimate of drug-likeness (QED) is 0.0568. The standard InChI is InChI=1S/C74H42N2O12S4/c77-59-47-29-43-25-13-14-26-44(43)30-48(47)60(78)57(59)75-53-33-51-63(89-53)65-55(73(51,69(81)85-35-39-17-5-1-6-18-39)70(82)86-36-40-19-7-2-8-20-40)67-68(91-65)56-66(92-67)64-52(34-54(90-64)76-58-61(79)49-31-45-27-15-16-28-46(45)32-50(49)62(58)80)74(56,71(83)87-37-41-21-9-3-10-22-41)72(84)88-38-42-23-11-4-12-24-42/h1-34H,35-38H2. The zero-order valence-corrected chi connectivity index (χ0v) is 51.2. The third-order valence-electron chi connectivity index (χ3n) is 17.1. The monoisotopic (exact) mass is 1280 g/mol. The molecular weight excluding hydrogens is 1240 g/mol. The van der Waals surface area contributed by atoms with Gasteiger partial charge in [-0.2, -0.15) is 0 Å². The average Bonchev–Trinajstić information content (AvgIpc) is 1.49. The van der Waals surface area contributed by atoms with Gasteiger partial charge in [-0.25, -0.2) is 9.98 Å². The van der Waals surface area contributed by atoms with Crippen molar-refractivity contribution in [1.82, 2.24) is 0 Å². The van der Waals surface area contributed by atoms with Crippen molar-refractivity contribution in [2.75, 3.05) is 0 Å². The lowest BCUT2D eigenvalue weighted by Crippen LogP contribution is -2.46. The molecule has 18 heteroatoms. The fraction of sp³-hybridized carbons (Fsp3) is 0.0811. The lowest BCUT2D eigenvalue weighted by atomic mass is 9.77. The highest BCUT2D eigenvalue weighted by Crippen LogP contribution is 2.67. The van der Waals surface area contributed by atoms with Gasteiger partial charge >= 0.3 is 23.9 Å². The van der Waals surface area contributed by atoms with Crippen LogP contribution in [-0.2, 0) is 75.4 Å². The smallest absolute Gasteiger partial charge is 0.333 e. The number of nitrogens with zero attached hydrogens (tertiary/aromatic N) is 2. The number of benzene rings is 8. The van der Waals surface area contributed by atoms with Gasteiger partial charge in [0.2, 0.25) is 32.5 Å². The van der Waals surface area contributed by atoms with Gasteiger partial charge in [-0.3, -0.25) is 38.4 Å². The van der Waals surface area contributed by atoms with E-state index in [2.05, 4.69) is 0 Å². The van der Waals surface area contributed by atoms with Gasteiger partial charge in [-0.15, -0.1) is 45.3 Å². The molecule has 14 nitrogen and oxygen atoms in total. The number of esters is 4. The van der Waals surface area contributed by atoms with Gasteiger partial charge in [0.25, 0.3) is 0 Å². The molecule has 0 fully saturated rings. The summed E-state index contributed by atoms with van der Waals surface area (Å²) in [7, 11) is 0. The highest BCUT2D eigenvalue weighted by Gasteiger charge is 2.65. The van der Waals surface area contributed by atoms with E-state index in [9.17, 15) is 19.2 Å². The predicted octanol–water partition coefficient (Wildman–Crippen LogP) is 12.9. The van der Waals surface area contributed by atoms with E-state index in [0.29, 0.717) is 51.2 Å². The molecule has 2 aliphatic rings. The van der Waals surface area contributed by atoms with E-state index in [1.54, 1.807) is 121 Å². The Morgan fingerprint density at radius 2 is 0.587 bits per heavy atom. The van der Waals surface area contributed by atoms with Crippen LogP contribution in [0, 0.1) is 0 Å². The summed E-state index contributed by atoms with van der Waals surface area (Å²) in [6, 6.07) is 60.1. The van der Waals surface area contributed by atoms with Crippen LogP contribution in [-0.4, -0.2) is 23.9 Å². The minimum Gasteiger partial charge on any atom is -0.459 e. The first kappa shape index (κ1) is 56.5. The minimum atomic E-state index is -2.47. The van der Waals surface area contributed by atoms with Crippen molar-refractivity contribution >= 4 is 132 Å². The van der Waals surface area contributed by atoms with E-state index in [4.69, 9.17) is 28.9 Å².